The van der Waals surface area contributed by atoms with Crippen LogP contribution in [0.5, 0.6) is 0 Å². The highest BCUT2D eigenvalue weighted by Gasteiger charge is 2.80. The van der Waals surface area contributed by atoms with Gasteiger partial charge in [0, 0.05) is 23.7 Å². The lowest BCUT2D eigenvalue weighted by molar-refractivity contribution is -0.249. The average Bonchev–Trinajstić information content (AvgIpc) is 3.16. The van der Waals surface area contributed by atoms with E-state index in [-0.39, 0.29) is 24.8 Å². The minimum absolute atomic E-state index is 0.0406. The second-order valence-electron chi connectivity index (χ2n) is 11.6. The van der Waals surface area contributed by atoms with Crippen molar-refractivity contribution in [2.24, 2.45) is 22.7 Å². The van der Waals surface area contributed by atoms with Crippen LogP contribution in [0.25, 0.3) is 0 Å². The number of allylic oxidation sites excluding steroid dienone is 4. The summed E-state index contributed by atoms with van der Waals surface area (Å²) in [6.45, 7) is 7.28. The van der Waals surface area contributed by atoms with E-state index in [0.717, 1.165) is 6.08 Å². The summed E-state index contributed by atoms with van der Waals surface area (Å²) in [6, 6.07) is 0. The fourth-order valence-electron chi connectivity index (χ4n) is 8.08. The minimum atomic E-state index is -2.27. The van der Waals surface area contributed by atoms with Gasteiger partial charge in [-0.1, -0.05) is 13.0 Å². The van der Waals surface area contributed by atoms with Crippen LogP contribution >= 0.6 is 0 Å². The summed E-state index contributed by atoms with van der Waals surface area (Å²) in [6.07, 6.45) is -0.345. The summed E-state index contributed by atoms with van der Waals surface area (Å²) in [5.41, 5.74) is -6.46. The summed E-state index contributed by atoms with van der Waals surface area (Å²) in [5.74, 6) is -4.23. The Morgan fingerprint density at radius 1 is 1.20 bits per heavy atom. The molecule has 0 aromatic rings. The van der Waals surface area contributed by atoms with Crippen molar-refractivity contribution >= 4 is 17.5 Å². The SMILES string of the molecule is CC(=O)OCC(=O)[C@@]12OC(C)(C)OC1CC1C3CC(F)C4=CC(=O)C=CC4(C)[C@@]3(F)C(O)CC12C. The molecular formula is C26H32F2O7. The molecule has 5 rings (SSSR count). The van der Waals surface area contributed by atoms with Gasteiger partial charge in [0.1, 0.15) is 6.17 Å². The van der Waals surface area contributed by atoms with Crippen LogP contribution < -0.4 is 0 Å². The summed E-state index contributed by atoms with van der Waals surface area (Å²) < 4.78 is 50.3. The standard InChI is InChI=1S/C26H32F2O7/c1-13(29)33-12-20(32)26-21(34-22(2,3)35-26)10-15-16-9-18(27)17-8-14(30)6-7-23(17,4)25(16,28)19(31)11-24(15,26)5/h6-8,15-16,18-19,21,31H,9-12H2,1-5H3/t15?,16?,18?,19?,21?,23?,24?,25-,26+/m0/s1. The van der Waals surface area contributed by atoms with Gasteiger partial charge in [-0.3, -0.25) is 14.4 Å². The molecular weight excluding hydrogens is 462 g/mol. The third kappa shape index (κ3) is 2.95. The average molecular weight is 495 g/mol. The molecule has 0 radical (unpaired) electrons. The summed E-state index contributed by atoms with van der Waals surface area (Å²) in [7, 11) is 0. The van der Waals surface area contributed by atoms with Crippen LogP contribution in [0.2, 0.25) is 0 Å². The maximum absolute atomic E-state index is 17.3. The van der Waals surface area contributed by atoms with Crippen molar-refractivity contribution in [3.63, 3.8) is 0 Å². The first-order valence-electron chi connectivity index (χ1n) is 12.1. The Labute approximate surface area is 202 Å². The number of carbonyl (C=O) groups is 3. The van der Waals surface area contributed by atoms with Gasteiger partial charge in [-0.05, 0) is 63.7 Å². The molecule has 3 saturated carbocycles. The van der Waals surface area contributed by atoms with Crippen LogP contribution in [0.1, 0.15) is 53.9 Å². The molecule has 35 heavy (non-hydrogen) atoms. The van der Waals surface area contributed by atoms with Gasteiger partial charge in [0.25, 0.3) is 0 Å². The number of ether oxygens (including phenoxy) is 3. The normalized spacial score (nSPS) is 49.4. The van der Waals surface area contributed by atoms with Crippen LogP contribution in [0.3, 0.4) is 0 Å². The third-order valence-corrected chi connectivity index (χ3v) is 9.44. The van der Waals surface area contributed by atoms with E-state index in [4.69, 9.17) is 14.2 Å². The highest BCUT2D eigenvalue weighted by molar-refractivity contribution is 6.01. The molecule has 192 valence electrons. The Bertz CT molecular complexity index is 1070. The Kier molecular flexibility index (Phi) is 5.15. The molecule has 1 aliphatic heterocycles. The third-order valence-electron chi connectivity index (χ3n) is 9.44. The molecule has 0 aromatic heterocycles. The van der Waals surface area contributed by atoms with E-state index in [2.05, 4.69) is 0 Å². The maximum atomic E-state index is 17.3. The molecule has 5 aliphatic rings. The number of ketones is 2. The molecule has 1 heterocycles. The Morgan fingerprint density at radius 3 is 2.54 bits per heavy atom. The van der Waals surface area contributed by atoms with E-state index >= 15 is 8.78 Å². The van der Waals surface area contributed by atoms with Crippen molar-refractivity contribution in [3.05, 3.63) is 23.8 Å². The second kappa shape index (κ2) is 7.29. The van der Waals surface area contributed by atoms with Gasteiger partial charge in [-0.2, -0.15) is 0 Å². The lowest BCUT2D eigenvalue weighted by Gasteiger charge is -2.63. The number of rotatable bonds is 3. The smallest absolute Gasteiger partial charge is 0.303 e. The zero-order valence-electron chi connectivity index (χ0n) is 20.6. The van der Waals surface area contributed by atoms with Crippen LogP contribution in [0.15, 0.2) is 23.8 Å². The number of hydrogen-bond acceptors (Lipinski definition) is 7. The molecule has 4 aliphatic carbocycles. The van der Waals surface area contributed by atoms with Crippen molar-refractivity contribution in [1.82, 2.24) is 0 Å². The zero-order valence-corrected chi connectivity index (χ0v) is 20.6. The number of halogens is 2. The summed E-state index contributed by atoms with van der Waals surface area (Å²) in [4.78, 5) is 37.1. The van der Waals surface area contributed by atoms with E-state index < -0.39 is 82.2 Å². The van der Waals surface area contributed by atoms with Gasteiger partial charge in [-0.15, -0.1) is 0 Å². The van der Waals surface area contributed by atoms with Gasteiger partial charge in [0.05, 0.1) is 12.2 Å². The molecule has 4 fully saturated rings. The Morgan fingerprint density at radius 2 is 1.89 bits per heavy atom. The van der Waals surface area contributed by atoms with Crippen molar-refractivity contribution in [2.75, 3.05) is 6.61 Å². The molecule has 0 spiro atoms. The van der Waals surface area contributed by atoms with Gasteiger partial charge in [-0.25, -0.2) is 8.78 Å². The number of fused-ring (bicyclic) bond motifs is 7. The number of alkyl halides is 2. The molecule has 0 amide bonds. The van der Waals surface area contributed by atoms with Crippen molar-refractivity contribution in [2.45, 2.75) is 89.3 Å². The predicted octanol–water partition coefficient (Wildman–Crippen LogP) is 2.94. The molecule has 9 heteroatoms. The topological polar surface area (TPSA) is 99.1 Å². The number of Topliss-reactive ketones (excluding diaryl/α,β-unsaturated/α-hetero) is 1. The van der Waals surface area contributed by atoms with E-state index in [1.165, 1.54) is 26.0 Å². The maximum Gasteiger partial charge on any atom is 0.303 e. The van der Waals surface area contributed by atoms with E-state index in [9.17, 15) is 19.5 Å². The minimum Gasteiger partial charge on any atom is -0.458 e. The number of carbonyl (C=O) groups excluding carboxylic acids is 3. The fraction of sp³-hybridized carbons (Fsp3) is 0.731. The monoisotopic (exact) mass is 494 g/mol. The lowest BCUT2D eigenvalue weighted by atomic mass is 9.44. The van der Waals surface area contributed by atoms with E-state index in [1.807, 2.05) is 0 Å². The zero-order chi connectivity index (χ0) is 25.8. The first kappa shape index (κ1) is 24.7. The fourth-order valence-corrected chi connectivity index (χ4v) is 8.08. The highest BCUT2D eigenvalue weighted by Crippen LogP contribution is 2.72. The Hall–Kier alpha value is -1.97. The molecule has 7 nitrogen and oxygen atoms in total. The largest absolute Gasteiger partial charge is 0.458 e. The summed E-state index contributed by atoms with van der Waals surface area (Å²) >= 11 is 0. The molecule has 7 unspecified atom stereocenters. The first-order chi connectivity index (χ1) is 16.1. The van der Waals surface area contributed by atoms with Gasteiger partial charge < -0.3 is 19.3 Å². The van der Waals surface area contributed by atoms with E-state index in [0.29, 0.717) is 0 Å². The van der Waals surface area contributed by atoms with Crippen molar-refractivity contribution in [1.29, 1.82) is 0 Å². The molecule has 1 N–H and O–H groups in total. The van der Waals surface area contributed by atoms with Crippen LogP contribution in [0, 0.1) is 22.7 Å². The van der Waals surface area contributed by atoms with Crippen molar-refractivity contribution < 1.29 is 42.5 Å². The number of hydrogen-bond donors (Lipinski definition) is 1. The molecule has 0 bridgehead atoms. The molecule has 1 saturated heterocycles. The number of aliphatic hydroxyl groups is 1. The first-order valence-corrected chi connectivity index (χ1v) is 12.1. The summed E-state index contributed by atoms with van der Waals surface area (Å²) in [5, 5.41) is 11.5. The quantitative estimate of drug-likeness (QED) is 0.603. The van der Waals surface area contributed by atoms with Crippen molar-refractivity contribution in [3.8, 4) is 0 Å². The van der Waals surface area contributed by atoms with Crippen LogP contribution in [-0.4, -0.2) is 64.7 Å². The Balaban J connectivity index is 1.62. The van der Waals surface area contributed by atoms with Crippen LogP contribution in [0.4, 0.5) is 8.78 Å². The predicted molar refractivity (Wildman–Crippen MR) is 118 cm³/mol. The molecule has 0 aromatic carbocycles. The van der Waals surface area contributed by atoms with Gasteiger partial charge in [0.15, 0.2) is 29.4 Å². The van der Waals surface area contributed by atoms with Gasteiger partial charge in [0.2, 0.25) is 5.78 Å². The van der Waals surface area contributed by atoms with Crippen LogP contribution in [-0.2, 0) is 28.6 Å². The number of esters is 1. The number of aliphatic hydroxyl groups excluding tert-OH is 1. The second-order valence-corrected chi connectivity index (χ2v) is 11.6. The highest BCUT2D eigenvalue weighted by atomic mass is 19.1. The van der Waals surface area contributed by atoms with Gasteiger partial charge >= 0.3 is 5.97 Å². The molecule has 9 atom stereocenters. The lowest BCUT2D eigenvalue weighted by Crippen LogP contribution is -2.71. The van der Waals surface area contributed by atoms with E-state index in [1.54, 1.807) is 20.8 Å².